The fourth-order valence-corrected chi connectivity index (χ4v) is 8.52. The Hall–Kier alpha value is -7.42. The molecule has 0 saturated heterocycles. The van der Waals surface area contributed by atoms with Crippen LogP contribution in [0.25, 0.3) is 87.6 Å². The molecule has 0 aliphatic carbocycles. The van der Waals surface area contributed by atoms with Gasteiger partial charge in [-0.2, -0.15) is 0 Å². The first-order valence-corrected chi connectivity index (χ1v) is 19.2. The van der Waals surface area contributed by atoms with Crippen LogP contribution in [0.4, 0.5) is 17.1 Å². The summed E-state index contributed by atoms with van der Waals surface area (Å²) in [6.45, 7) is 0. The van der Waals surface area contributed by atoms with Gasteiger partial charge >= 0.3 is 0 Å². The maximum Gasteiger partial charge on any atom is 0.160 e. The van der Waals surface area contributed by atoms with Gasteiger partial charge in [0, 0.05) is 21.8 Å². The number of rotatable bonds is 6. The van der Waals surface area contributed by atoms with Gasteiger partial charge in [-0.25, -0.2) is 0 Å². The molecule has 0 atom stereocenters. The number of benzene rings is 10. The number of para-hydroxylation sites is 1. The Morgan fingerprint density at radius 1 is 0.321 bits per heavy atom. The minimum absolute atomic E-state index is 0.858. The first-order chi connectivity index (χ1) is 27.8. The van der Waals surface area contributed by atoms with E-state index in [0.29, 0.717) is 0 Å². The van der Waals surface area contributed by atoms with Crippen molar-refractivity contribution in [2.45, 2.75) is 0 Å². The van der Waals surface area contributed by atoms with Crippen LogP contribution in [0, 0.1) is 0 Å². The summed E-state index contributed by atoms with van der Waals surface area (Å²) in [5.74, 6) is 0. The van der Waals surface area contributed by atoms with E-state index >= 15 is 0 Å². The van der Waals surface area contributed by atoms with E-state index in [1.54, 1.807) is 0 Å². The quantitative estimate of drug-likeness (QED) is 0.171. The molecule has 0 saturated carbocycles. The molecule has 0 fully saturated rings. The molecule has 56 heavy (non-hydrogen) atoms. The molecule has 0 aliphatic rings. The molecular weight excluding hydrogens is 679 g/mol. The standard InChI is InChI=1S/C54H35NO/c1-2-13-38(14-3-1)45-21-10-17-40-25-26-42(35-49(40)45)37-28-30-44(31-29-37)55(50-22-11-18-39-15-6-7-19-46(39)50)51-33-32-47(43-27-24-36-12-4-5-16-41(36)34-43)53-48-20-8-9-23-52(48)56-54(51)53/h1-35H. The highest BCUT2D eigenvalue weighted by Gasteiger charge is 2.23. The molecule has 1 aromatic heterocycles. The molecule has 262 valence electrons. The van der Waals surface area contributed by atoms with Crippen molar-refractivity contribution >= 4 is 71.3 Å². The van der Waals surface area contributed by atoms with Gasteiger partial charge in [-0.05, 0) is 103 Å². The fourth-order valence-electron chi connectivity index (χ4n) is 8.52. The summed E-state index contributed by atoms with van der Waals surface area (Å²) in [7, 11) is 0. The van der Waals surface area contributed by atoms with E-state index in [1.807, 2.05) is 0 Å². The lowest BCUT2D eigenvalue weighted by atomic mass is 9.94. The summed E-state index contributed by atoms with van der Waals surface area (Å²) in [6, 6.07) is 76.4. The van der Waals surface area contributed by atoms with Gasteiger partial charge in [-0.3, -0.25) is 0 Å². The molecule has 11 rings (SSSR count). The smallest absolute Gasteiger partial charge is 0.160 e. The number of furan rings is 1. The van der Waals surface area contributed by atoms with Crippen molar-refractivity contribution in [1.82, 2.24) is 0 Å². The third kappa shape index (κ3) is 5.34. The minimum atomic E-state index is 0.858. The van der Waals surface area contributed by atoms with Crippen LogP contribution in [0.3, 0.4) is 0 Å². The Morgan fingerprint density at radius 3 is 1.82 bits per heavy atom. The zero-order valence-corrected chi connectivity index (χ0v) is 30.6. The second-order valence-electron chi connectivity index (χ2n) is 14.5. The highest BCUT2D eigenvalue weighted by atomic mass is 16.3. The summed E-state index contributed by atoms with van der Waals surface area (Å²) >= 11 is 0. The molecule has 0 aliphatic heterocycles. The Morgan fingerprint density at radius 2 is 0.964 bits per heavy atom. The van der Waals surface area contributed by atoms with Crippen molar-refractivity contribution in [3.8, 4) is 33.4 Å². The molecule has 0 spiro atoms. The van der Waals surface area contributed by atoms with Crippen LogP contribution in [0.15, 0.2) is 217 Å². The summed E-state index contributed by atoms with van der Waals surface area (Å²) < 4.78 is 6.91. The van der Waals surface area contributed by atoms with Gasteiger partial charge in [0.15, 0.2) is 5.58 Å². The van der Waals surface area contributed by atoms with Gasteiger partial charge in [-0.15, -0.1) is 0 Å². The Balaban J connectivity index is 1.10. The topological polar surface area (TPSA) is 16.4 Å². The second-order valence-corrected chi connectivity index (χ2v) is 14.5. The highest BCUT2D eigenvalue weighted by Crippen LogP contribution is 2.47. The number of hydrogen-bond acceptors (Lipinski definition) is 2. The average Bonchev–Trinajstić information content (AvgIpc) is 3.67. The van der Waals surface area contributed by atoms with Gasteiger partial charge in [0.1, 0.15) is 5.58 Å². The first kappa shape index (κ1) is 32.0. The van der Waals surface area contributed by atoms with Crippen LogP contribution in [0.5, 0.6) is 0 Å². The van der Waals surface area contributed by atoms with Crippen LogP contribution in [-0.2, 0) is 0 Å². The Bertz CT molecular complexity index is 3240. The number of nitrogens with zero attached hydrogens (tertiary/aromatic N) is 1. The molecule has 1 heterocycles. The molecule has 11 aromatic rings. The van der Waals surface area contributed by atoms with E-state index in [0.717, 1.165) is 50.1 Å². The molecule has 2 nitrogen and oxygen atoms in total. The summed E-state index contributed by atoms with van der Waals surface area (Å²) in [5, 5.41) is 9.50. The Labute approximate surface area is 325 Å². The van der Waals surface area contributed by atoms with Crippen LogP contribution in [-0.4, -0.2) is 0 Å². The third-order valence-corrected chi connectivity index (χ3v) is 11.2. The average molecular weight is 714 g/mol. The number of hydrogen-bond donors (Lipinski definition) is 0. The van der Waals surface area contributed by atoms with E-state index in [1.165, 1.54) is 54.6 Å². The van der Waals surface area contributed by atoms with Crippen LogP contribution < -0.4 is 4.90 Å². The van der Waals surface area contributed by atoms with Gasteiger partial charge in [0.2, 0.25) is 0 Å². The van der Waals surface area contributed by atoms with Crippen molar-refractivity contribution in [2.75, 3.05) is 4.90 Å². The monoisotopic (exact) mass is 713 g/mol. The third-order valence-electron chi connectivity index (χ3n) is 11.2. The molecule has 0 unspecified atom stereocenters. The zero-order valence-electron chi connectivity index (χ0n) is 30.6. The van der Waals surface area contributed by atoms with Gasteiger partial charge in [0.05, 0.1) is 11.4 Å². The lowest BCUT2D eigenvalue weighted by molar-refractivity contribution is 0.669. The van der Waals surface area contributed by atoms with Crippen LogP contribution in [0.2, 0.25) is 0 Å². The normalized spacial score (nSPS) is 11.6. The molecule has 0 N–H and O–H groups in total. The molecular formula is C54H35NO. The molecule has 0 amide bonds. The van der Waals surface area contributed by atoms with E-state index in [-0.39, 0.29) is 0 Å². The molecule has 0 radical (unpaired) electrons. The van der Waals surface area contributed by atoms with Gasteiger partial charge in [0.25, 0.3) is 0 Å². The lowest BCUT2D eigenvalue weighted by Crippen LogP contribution is -2.11. The van der Waals surface area contributed by atoms with E-state index < -0.39 is 0 Å². The predicted molar refractivity (Wildman–Crippen MR) is 237 cm³/mol. The summed E-state index contributed by atoms with van der Waals surface area (Å²) in [6.07, 6.45) is 0. The van der Waals surface area contributed by atoms with Gasteiger partial charge < -0.3 is 9.32 Å². The molecule has 2 heteroatoms. The van der Waals surface area contributed by atoms with E-state index in [9.17, 15) is 0 Å². The Kier molecular flexibility index (Phi) is 7.53. The predicted octanol–water partition coefficient (Wildman–Crippen LogP) is 15.5. The second kappa shape index (κ2) is 13.2. The number of anilines is 3. The molecule has 0 bridgehead atoms. The molecule has 10 aromatic carbocycles. The van der Waals surface area contributed by atoms with Crippen molar-refractivity contribution < 1.29 is 4.42 Å². The highest BCUT2D eigenvalue weighted by molar-refractivity contribution is 6.18. The van der Waals surface area contributed by atoms with Crippen molar-refractivity contribution in [2.24, 2.45) is 0 Å². The maximum absolute atomic E-state index is 6.91. The minimum Gasteiger partial charge on any atom is -0.454 e. The van der Waals surface area contributed by atoms with E-state index in [4.69, 9.17) is 4.42 Å². The fraction of sp³-hybridized carbons (Fsp3) is 0. The van der Waals surface area contributed by atoms with E-state index in [2.05, 4.69) is 217 Å². The summed E-state index contributed by atoms with van der Waals surface area (Å²) in [5.41, 5.74) is 12.0. The largest absolute Gasteiger partial charge is 0.454 e. The van der Waals surface area contributed by atoms with Crippen molar-refractivity contribution in [3.05, 3.63) is 212 Å². The van der Waals surface area contributed by atoms with Crippen LogP contribution in [0.1, 0.15) is 0 Å². The maximum atomic E-state index is 6.91. The number of fused-ring (bicyclic) bond motifs is 6. The lowest BCUT2D eigenvalue weighted by Gasteiger charge is -2.27. The van der Waals surface area contributed by atoms with Crippen molar-refractivity contribution in [3.63, 3.8) is 0 Å². The SMILES string of the molecule is c1ccc(-c2cccc3ccc(-c4ccc(N(c5cccc6ccccc56)c5ccc(-c6ccc7ccccc7c6)c6c5oc5ccccc56)cc4)cc23)cc1. The summed E-state index contributed by atoms with van der Waals surface area (Å²) in [4.78, 5) is 2.37. The van der Waals surface area contributed by atoms with Crippen LogP contribution >= 0.6 is 0 Å². The van der Waals surface area contributed by atoms with Gasteiger partial charge in [-0.1, -0.05) is 170 Å². The zero-order chi connectivity index (χ0) is 37.0. The first-order valence-electron chi connectivity index (χ1n) is 19.2. The van der Waals surface area contributed by atoms with Crippen molar-refractivity contribution in [1.29, 1.82) is 0 Å².